The van der Waals surface area contributed by atoms with Crippen LogP contribution in [0.25, 0.3) is 0 Å². The SMILES string of the molecule is CCCCNc1nc(Cl)[nH]c1C(=O)NCCCn1nnnc1C1(c2ccccc2)CC1. The fourth-order valence-electron chi connectivity index (χ4n) is 3.76. The van der Waals surface area contributed by atoms with Crippen molar-refractivity contribution in [3.63, 3.8) is 0 Å². The minimum Gasteiger partial charge on any atom is -0.368 e. The molecule has 3 N–H and O–H groups in total. The van der Waals surface area contributed by atoms with Gasteiger partial charge in [-0.1, -0.05) is 43.7 Å². The molecule has 1 fully saturated rings. The van der Waals surface area contributed by atoms with Crippen LogP contribution in [-0.2, 0) is 12.0 Å². The molecule has 0 aliphatic heterocycles. The average Bonchev–Trinajstić information content (AvgIpc) is 3.30. The van der Waals surface area contributed by atoms with Crippen LogP contribution in [0.4, 0.5) is 5.82 Å². The van der Waals surface area contributed by atoms with Gasteiger partial charge in [0.15, 0.2) is 11.6 Å². The van der Waals surface area contributed by atoms with Gasteiger partial charge in [0.25, 0.3) is 5.91 Å². The maximum absolute atomic E-state index is 12.6. The molecule has 9 nitrogen and oxygen atoms in total. The average molecular weight is 443 g/mol. The predicted octanol–water partition coefficient (Wildman–Crippen LogP) is 3.16. The summed E-state index contributed by atoms with van der Waals surface area (Å²) in [6.45, 7) is 3.96. The van der Waals surface area contributed by atoms with Crippen molar-refractivity contribution in [2.75, 3.05) is 18.4 Å². The number of carbonyl (C=O) groups excluding carboxylic acids is 1. The Bertz CT molecular complexity index is 1010. The van der Waals surface area contributed by atoms with Gasteiger partial charge in [0, 0.05) is 19.6 Å². The van der Waals surface area contributed by atoms with Gasteiger partial charge in [0.1, 0.15) is 5.69 Å². The first-order valence-electron chi connectivity index (χ1n) is 10.7. The van der Waals surface area contributed by atoms with Crippen molar-refractivity contribution >= 4 is 23.3 Å². The number of benzene rings is 1. The van der Waals surface area contributed by atoms with E-state index in [1.54, 1.807) is 0 Å². The van der Waals surface area contributed by atoms with Crippen LogP contribution in [0.3, 0.4) is 0 Å². The first-order valence-corrected chi connectivity index (χ1v) is 11.1. The number of carbonyl (C=O) groups is 1. The number of amides is 1. The third-order valence-electron chi connectivity index (χ3n) is 5.59. The molecule has 0 unspecified atom stereocenters. The van der Waals surface area contributed by atoms with Crippen LogP contribution < -0.4 is 10.6 Å². The van der Waals surface area contributed by atoms with Crippen molar-refractivity contribution in [2.24, 2.45) is 0 Å². The maximum Gasteiger partial charge on any atom is 0.271 e. The zero-order valence-electron chi connectivity index (χ0n) is 17.6. The molecule has 0 bridgehead atoms. The molecule has 0 saturated heterocycles. The number of aromatic amines is 1. The summed E-state index contributed by atoms with van der Waals surface area (Å²) in [6.07, 6.45) is 4.84. The molecule has 164 valence electrons. The molecule has 1 amide bonds. The van der Waals surface area contributed by atoms with Crippen LogP contribution in [0.5, 0.6) is 0 Å². The molecule has 2 aromatic heterocycles. The summed E-state index contributed by atoms with van der Waals surface area (Å²) in [5.41, 5.74) is 1.52. The zero-order chi connectivity index (χ0) is 21.7. The molecule has 0 spiro atoms. The van der Waals surface area contributed by atoms with E-state index in [-0.39, 0.29) is 16.6 Å². The molecule has 2 heterocycles. The van der Waals surface area contributed by atoms with Crippen LogP contribution in [-0.4, -0.2) is 49.2 Å². The van der Waals surface area contributed by atoms with Crippen LogP contribution in [0, 0.1) is 0 Å². The summed E-state index contributed by atoms with van der Waals surface area (Å²) >= 11 is 5.96. The van der Waals surface area contributed by atoms with Gasteiger partial charge in [-0.05, 0) is 53.3 Å². The molecule has 0 atom stereocenters. The molecule has 1 aliphatic rings. The zero-order valence-corrected chi connectivity index (χ0v) is 18.3. The molecule has 0 radical (unpaired) electrons. The number of imidazole rings is 1. The molecule has 10 heteroatoms. The van der Waals surface area contributed by atoms with Gasteiger partial charge in [-0.25, -0.2) is 9.67 Å². The Balaban J connectivity index is 1.32. The Labute approximate surface area is 186 Å². The van der Waals surface area contributed by atoms with Gasteiger partial charge in [-0.15, -0.1) is 5.10 Å². The largest absolute Gasteiger partial charge is 0.368 e. The minimum absolute atomic E-state index is 0.0836. The van der Waals surface area contributed by atoms with Crippen molar-refractivity contribution in [1.29, 1.82) is 0 Å². The number of rotatable bonds is 11. The normalized spacial score (nSPS) is 14.4. The predicted molar refractivity (Wildman–Crippen MR) is 118 cm³/mol. The third-order valence-corrected chi connectivity index (χ3v) is 5.77. The summed E-state index contributed by atoms with van der Waals surface area (Å²) in [5.74, 6) is 1.14. The van der Waals surface area contributed by atoms with Crippen molar-refractivity contribution in [2.45, 2.75) is 51.0 Å². The highest BCUT2D eigenvalue weighted by atomic mass is 35.5. The smallest absolute Gasteiger partial charge is 0.271 e. The van der Waals surface area contributed by atoms with Crippen LogP contribution in [0.15, 0.2) is 30.3 Å². The summed E-state index contributed by atoms with van der Waals surface area (Å²) in [4.78, 5) is 19.5. The number of hydrogen-bond acceptors (Lipinski definition) is 6. The quantitative estimate of drug-likeness (QED) is 0.393. The van der Waals surface area contributed by atoms with E-state index in [9.17, 15) is 4.79 Å². The number of tetrazole rings is 1. The number of H-pyrrole nitrogens is 1. The molecule has 31 heavy (non-hydrogen) atoms. The van der Waals surface area contributed by atoms with Crippen molar-refractivity contribution < 1.29 is 4.79 Å². The van der Waals surface area contributed by atoms with Crippen LogP contribution in [0.1, 0.15) is 60.9 Å². The van der Waals surface area contributed by atoms with E-state index in [0.717, 1.165) is 38.1 Å². The number of nitrogens with zero attached hydrogens (tertiary/aromatic N) is 5. The van der Waals surface area contributed by atoms with E-state index in [1.807, 2.05) is 22.9 Å². The van der Waals surface area contributed by atoms with Gasteiger partial charge in [0.2, 0.25) is 5.28 Å². The van der Waals surface area contributed by atoms with Crippen molar-refractivity contribution in [1.82, 2.24) is 35.5 Å². The lowest BCUT2D eigenvalue weighted by Crippen LogP contribution is -2.27. The number of anilines is 1. The van der Waals surface area contributed by atoms with E-state index in [1.165, 1.54) is 5.56 Å². The number of hydrogen-bond donors (Lipinski definition) is 3. The molecule has 1 aliphatic carbocycles. The van der Waals surface area contributed by atoms with Crippen LogP contribution >= 0.6 is 11.6 Å². The molecule has 1 aromatic carbocycles. The Hall–Kier alpha value is -2.94. The topological polar surface area (TPSA) is 113 Å². The molecule has 3 aromatic rings. The lowest BCUT2D eigenvalue weighted by Gasteiger charge is -2.15. The first-order chi connectivity index (χ1) is 15.1. The summed E-state index contributed by atoms with van der Waals surface area (Å²) in [7, 11) is 0. The van der Waals surface area contributed by atoms with Gasteiger partial charge < -0.3 is 15.6 Å². The van der Waals surface area contributed by atoms with Gasteiger partial charge in [-0.2, -0.15) is 0 Å². The highest BCUT2D eigenvalue weighted by molar-refractivity contribution is 6.28. The van der Waals surface area contributed by atoms with E-state index in [4.69, 9.17) is 11.6 Å². The van der Waals surface area contributed by atoms with Crippen molar-refractivity contribution in [3.8, 4) is 0 Å². The second kappa shape index (κ2) is 9.47. The highest BCUT2D eigenvalue weighted by Gasteiger charge is 2.50. The van der Waals surface area contributed by atoms with Crippen LogP contribution in [0.2, 0.25) is 5.28 Å². The fourth-order valence-corrected chi connectivity index (χ4v) is 3.94. The van der Waals surface area contributed by atoms with E-state index in [0.29, 0.717) is 31.0 Å². The van der Waals surface area contributed by atoms with Gasteiger partial charge >= 0.3 is 0 Å². The lowest BCUT2D eigenvalue weighted by atomic mass is 9.95. The molecular weight excluding hydrogens is 416 g/mol. The fraction of sp³-hybridized carbons (Fsp3) is 0.476. The second-order valence-corrected chi connectivity index (χ2v) is 8.17. The molecule has 1 saturated carbocycles. The third kappa shape index (κ3) is 4.71. The number of aromatic nitrogens is 6. The summed E-state index contributed by atoms with van der Waals surface area (Å²) < 4.78 is 1.86. The molecule has 4 rings (SSSR count). The number of aryl methyl sites for hydroxylation is 1. The number of halogens is 1. The lowest BCUT2D eigenvalue weighted by molar-refractivity contribution is 0.0949. The summed E-state index contributed by atoms with van der Waals surface area (Å²) in [6, 6.07) is 10.4. The van der Waals surface area contributed by atoms with E-state index in [2.05, 4.69) is 55.2 Å². The number of unbranched alkanes of at least 4 members (excludes halogenated alkanes) is 1. The monoisotopic (exact) mass is 442 g/mol. The van der Waals surface area contributed by atoms with E-state index >= 15 is 0 Å². The Morgan fingerprint density at radius 3 is 2.77 bits per heavy atom. The second-order valence-electron chi connectivity index (χ2n) is 7.81. The van der Waals surface area contributed by atoms with Gasteiger partial charge in [-0.3, -0.25) is 4.79 Å². The Morgan fingerprint density at radius 1 is 1.23 bits per heavy atom. The maximum atomic E-state index is 12.6. The van der Waals surface area contributed by atoms with Crippen molar-refractivity contribution in [3.05, 3.63) is 52.7 Å². The standard InChI is InChI=1S/C21H27ClN8O/c1-2-3-12-23-17-16(25-20(22)26-17)18(31)24-13-7-14-30-19(27-28-29-30)21(10-11-21)15-8-5-4-6-9-15/h4-6,8-9,23H,2-3,7,10-14H2,1H3,(H,24,31)(H,25,26). The Kier molecular flexibility index (Phi) is 6.50. The highest BCUT2D eigenvalue weighted by Crippen LogP contribution is 2.52. The molecular formula is C21H27ClN8O. The first kappa shape index (κ1) is 21.3. The minimum atomic E-state index is -0.238. The summed E-state index contributed by atoms with van der Waals surface area (Å²) in [5, 5.41) is 18.7. The Morgan fingerprint density at radius 2 is 2.03 bits per heavy atom. The van der Waals surface area contributed by atoms with E-state index < -0.39 is 0 Å². The number of nitrogens with one attached hydrogen (secondary N) is 3. The van der Waals surface area contributed by atoms with Gasteiger partial charge in [0.05, 0.1) is 5.41 Å².